The van der Waals surface area contributed by atoms with Gasteiger partial charge in [-0.1, -0.05) is 22.8 Å². The fourth-order valence-electron chi connectivity index (χ4n) is 0.998. The number of oxime groups is 1. The van der Waals surface area contributed by atoms with Crippen molar-refractivity contribution in [3.8, 4) is 0 Å². The minimum atomic E-state index is -0.607. The van der Waals surface area contributed by atoms with Crippen LogP contribution >= 0.6 is 11.6 Å². The molecule has 0 saturated carbocycles. The fraction of sp³-hybridized carbons (Fsp3) is 0.571. The number of nitrogens with one attached hydrogen (secondary N) is 1. The molecule has 0 bridgehead atoms. The van der Waals surface area contributed by atoms with Crippen molar-refractivity contribution in [2.75, 3.05) is 13.2 Å². The van der Waals surface area contributed by atoms with Crippen LogP contribution in [0, 0.1) is 0 Å². The maximum Gasteiger partial charge on any atom is 0.142 e. The van der Waals surface area contributed by atoms with Crippen LogP contribution in [0.1, 0.15) is 6.42 Å². The van der Waals surface area contributed by atoms with E-state index in [1.807, 2.05) is 6.08 Å². The van der Waals surface area contributed by atoms with Gasteiger partial charge in [-0.3, -0.25) is 5.32 Å². The number of aliphatic hydroxyl groups excluding tert-OH is 1. The van der Waals surface area contributed by atoms with E-state index in [1.54, 1.807) is 0 Å². The molecule has 0 spiro atoms. The van der Waals surface area contributed by atoms with Crippen molar-refractivity contribution >= 4 is 17.3 Å². The summed E-state index contributed by atoms with van der Waals surface area (Å²) < 4.78 is 0. The molecule has 1 unspecified atom stereocenters. The highest BCUT2D eigenvalue weighted by molar-refractivity contribution is 6.56. The van der Waals surface area contributed by atoms with E-state index in [2.05, 4.69) is 10.5 Å². The molecular weight excluding hydrogens is 180 g/mol. The van der Waals surface area contributed by atoms with Crippen LogP contribution in [-0.4, -0.2) is 30.2 Å². The minimum absolute atomic E-state index is 0.275. The summed E-state index contributed by atoms with van der Waals surface area (Å²) in [6.45, 7) is 1.07. The van der Waals surface area contributed by atoms with Crippen LogP contribution in [-0.2, 0) is 4.84 Å². The Balaban J connectivity index is 2.33. The molecule has 0 radical (unpaired) electrons. The van der Waals surface area contributed by atoms with Crippen molar-refractivity contribution in [3.63, 3.8) is 0 Å². The zero-order valence-corrected chi connectivity index (χ0v) is 7.29. The summed E-state index contributed by atoms with van der Waals surface area (Å²) in [5.74, 6) is 0. The van der Waals surface area contributed by atoms with Gasteiger partial charge < -0.3 is 9.94 Å². The maximum absolute atomic E-state index is 9.32. The van der Waals surface area contributed by atoms with Crippen molar-refractivity contribution < 1.29 is 9.94 Å². The summed E-state index contributed by atoms with van der Waals surface area (Å²) >= 11 is 5.14. The average Bonchev–Trinajstić information content (AvgIpc) is 2.09. The van der Waals surface area contributed by atoms with Gasteiger partial charge in [0, 0.05) is 12.1 Å². The number of hydrogen-bond acceptors (Lipinski definition) is 4. The molecule has 0 aromatic heterocycles. The lowest BCUT2D eigenvalue weighted by atomic mass is 10.1. The highest BCUT2D eigenvalue weighted by Crippen LogP contribution is 2.07. The molecule has 0 aliphatic carbocycles. The first-order chi connectivity index (χ1) is 5.84. The van der Waals surface area contributed by atoms with Crippen LogP contribution in [0.15, 0.2) is 16.8 Å². The summed E-state index contributed by atoms with van der Waals surface area (Å²) in [4.78, 5) is 4.76. The first-order valence-corrected chi connectivity index (χ1v) is 4.12. The third-order valence-electron chi connectivity index (χ3n) is 1.59. The van der Waals surface area contributed by atoms with E-state index < -0.39 is 6.23 Å². The summed E-state index contributed by atoms with van der Waals surface area (Å²) in [6.07, 6.45) is 2.23. The van der Waals surface area contributed by atoms with Gasteiger partial charge >= 0.3 is 0 Å². The smallest absolute Gasteiger partial charge is 0.142 e. The highest BCUT2D eigenvalue weighted by atomic mass is 35.5. The first kappa shape index (κ1) is 9.51. The Morgan fingerprint density at radius 2 is 2.75 bits per heavy atom. The number of hydrogen-bond donors (Lipinski definition) is 2. The summed E-state index contributed by atoms with van der Waals surface area (Å²) in [7, 11) is 0. The van der Waals surface area contributed by atoms with E-state index >= 15 is 0 Å². The van der Waals surface area contributed by atoms with Gasteiger partial charge in [0.05, 0.1) is 0 Å². The largest absolute Gasteiger partial charge is 0.390 e. The molecule has 0 aromatic rings. The number of aliphatic hydroxyl groups is 1. The molecule has 4 nitrogen and oxygen atoms in total. The molecule has 5 heteroatoms. The lowest BCUT2D eigenvalue weighted by molar-refractivity contribution is 0.115. The zero-order valence-electron chi connectivity index (χ0n) is 6.53. The topological polar surface area (TPSA) is 53.8 Å². The summed E-state index contributed by atoms with van der Waals surface area (Å²) in [6, 6.07) is 0. The van der Waals surface area contributed by atoms with Crippen LogP contribution in [0.4, 0.5) is 0 Å². The molecule has 1 aliphatic rings. The van der Waals surface area contributed by atoms with Gasteiger partial charge in [-0.15, -0.1) is 0 Å². The SMILES string of the molecule is OC1NCCC=C1CON=CCl. The van der Waals surface area contributed by atoms with Crippen LogP contribution in [0.5, 0.6) is 0 Å². The summed E-state index contributed by atoms with van der Waals surface area (Å²) in [5.41, 5.74) is 1.84. The lowest BCUT2D eigenvalue weighted by Gasteiger charge is -2.19. The molecule has 0 fully saturated rings. The van der Waals surface area contributed by atoms with E-state index in [0.717, 1.165) is 24.2 Å². The molecule has 0 amide bonds. The number of halogens is 1. The predicted octanol–water partition coefficient (Wildman–Crippen LogP) is 0.423. The Kier molecular flexibility index (Phi) is 4.07. The second-order valence-electron chi connectivity index (χ2n) is 2.40. The second-order valence-corrected chi connectivity index (χ2v) is 2.60. The predicted molar refractivity (Wildman–Crippen MR) is 47.0 cm³/mol. The van der Waals surface area contributed by atoms with Gasteiger partial charge in [0.2, 0.25) is 0 Å². The molecule has 2 N–H and O–H groups in total. The van der Waals surface area contributed by atoms with Crippen LogP contribution in [0.25, 0.3) is 0 Å². The van der Waals surface area contributed by atoms with Gasteiger partial charge in [-0.05, 0) is 6.42 Å². The monoisotopic (exact) mass is 190 g/mol. The third kappa shape index (κ3) is 2.81. The van der Waals surface area contributed by atoms with Crippen molar-refractivity contribution in [2.24, 2.45) is 5.16 Å². The van der Waals surface area contributed by atoms with E-state index in [1.165, 1.54) is 0 Å². The van der Waals surface area contributed by atoms with Crippen LogP contribution in [0.3, 0.4) is 0 Å². The molecule has 0 aromatic carbocycles. The van der Waals surface area contributed by atoms with Crippen molar-refractivity contribution in [1.82, 2.24) is 5.32 Å². The second kappa shape index (κ2) is 5.13. The molecule has 0 saturated heterocycles. The van der Waals surface area contributed by atoms with Crippen LogP contribution in [0.2, 0.25) is 0 Å². The Hall–Kier alpha value is -0.580. The van der Waals surface area contributed by atoms with E-state index in [9.17, 15) is 5.11 Å². The van der Waals surface area contributed by atoms with Gasteiger partial charge in [0.25, 0.3) is 0 Å². The fourth-order valence-corrected chi connectivity index (χ4v) is 1.05. The summed E-state index contributed by atoms with van der Waals surface area (Å²) in [5, 5.41) is 15.6. The molecule has 1 heterocycles. The highest BCUT2D eigenvalue weighted by Gasteiger charge is 2.13. The lowest BCUT2D eigenvalue weighted by Crippen LogP contribution is -2.35. The van der Waals surface area contributed by atoms with E-state index in [-0.39, 0.29) is 6.61 Å². The Morgan fingerprint density at radius 1 is 1.92 bits per heavy atom. The Labute approximate surface area is 75.8 Å². The molecule has 12 heavy (non-hydrogen) atoms. The third-order valence-corrected chi connectivity index (χ3v) is 1.67. The van der Waals surface area contributed by atoms with Crippen molar-refractivity contribution in [3.05, 3.63) is 11.6 Å². The van der Waals surface area contributed by atoms with Gasteiger partial charge in [-0.2, -0.15) is 0 Å². The molecule has 68 valence electrons. The molecule has 1 atom stereocenters. The van der Waals surface area contributed by atoms with Gasteiger partial charge in [-0.25, -0.2) is 0 Å². The van der Waals surface area contributed by atoms with Crippen LogP contribution < -0.4 is 5.32 Å². The zero-order chi connectivity index (χ0) is 8.81. The van der Waals surface area contributed by atoms with E-state index in [0.29, 0.717) is 0 Å². The molecular formula is C7H11ClN2O2. The normalized spacial score (nSPS) is 24.2. The molecule has 1 aliphatic heterocycles. The van der Waals surface area contributed by atoms with Gasteiger partial charge in [0.15, 0.2) is 0 Å². The Bertz CT molecular complexity index is 194. The number of nitrogens with zero attached hydrogens (tertiary/aromatic N) is 1. The van der Waals surface area contributed by atoms with E-state index in [4.69, 9.17) is 16.4 Å². The van der Waals surface area contributed by atoms with Gasteiger partial charge in [0.1, 0.15) is 18.5 Å². The quantitative estimate of drug-likeness (QED) is 0.386. The van der Waals surface area contributed by atoms with Crippen molar-refractivity contribution in [1.29, 1.82) is 0 Å². The first-order valence-electron chi connectivity index (χ1n) is 3.69. The maximum atomic E-state index is 9.32. The molecule has 1 rings (SSSR count). The Morgan fingerprint density at radius 3 is 3.42 bits per heavy atom. The number of rotatable bonds is 3. The standard InChI is InChI=1S/C7H11ClN2O2/c8-5-10-12-4-6-2-1-3-9-7(6)11/h2,5,7,9,11H,1,3-4H2. The van der Waals surface area contributed by atoms with Crippen molar-refractivity contribution in [2.45, 2.75) is 12.6 Å². The minimum Gasteiger partial charge on any atom is -0.390 e. The average molecular weight is 191 g/mol.